The van der Waals surface area contributed by atoms with E-state index in [2.05, 4.69) is 15.9 Å². The van der Waals surface area contributed by atoms with Gasteiger partial charge in [-0.2, -0.15) is 0 Å². The first-order valence-electron chi connectivity index (χ1n) is 5.22. The van der Waals surface area contributed by atoms with E-state index >= 15 is 0 Å². The predicted molar refractivity (Wildman–Crippen MR) is 67.6 cm³/mol. The van der Waals surface area contributed by atoms with Crippen LogP contribution in [0.2, 0.25) is 0 Å². The van der Waals surface area contributed by atoms with Crippen LogP contribution in [-0.2, 0) is 9.59 Å². The van der Waals surface area contributed by atoms with Crippen LogP contribution >= 0.6 is 15.9 Å². The lowest BCUT2D eigenvalue weighted by molar-refractivity contribution is -0.149. The molecular formula is C12H14BrNO3. The molecule has 1 N–H and O–H groups in total. The number of carbonyl (C=O) groups is 2. The molecule has 1 atom stereocenters. The molecule has 0 aliphatic rings. The maximum absolute atomic E-state index is 11.4. The molecule has 1 rings (SSSR count). The first-order chi connectivity index (χ1) is 7.97. The van der Waals surface area contributed by atoms with E-state index in [0.29, 0.717) is 12.1 Å². The van der Waals surface area contributed by atoms with Crippen molar-refractivity contribution in [3.8, 4) is 0 Å². The molecule has 0 fully saturated rings. The van der Waals surface area contributed by atoms with Gasteiger partial charge in [0.15, 0.2) is 6.04 Å². The minimum absolute atomic E-state index is 0.250. The molecule has 0 bridgehead atoms. The second-order valence-corrected chi connectivity index (χ2v) is 4.52. The van der Waals surface area contributed by atoms with Crippen LogP contribution in [0.25, 0.3) is 0 Å². The summed E-state index contributed by atoms with van der Waals surface area (Å²) in [6.45, 7) is 3.49. The van der Waals surface area contributed by atoms with Crippen molar-refractivity contribution in [2.45, 2.75) is 19.9 Å². The standard InChI is InChI=1S/C12H14BrNO3/c1-3-14(8(2)15)11(12(16)17)9-5-4-6-10(13)7-9/h4-7,11H,3H2,1-2H3,(H,16,17). The van der Waals surface area contributed by atoms with Crippen molar-refractivity contribution in [1.29, 1.82) is 0 Å². The molecule has 4 nitrogen and oxygen atoms in total. The molecule has 1 unspecified atom stereocenters. The Morgan fingerprint density at radius 1 is 1.47 bits per heavy atom. The van der Waals surface area contributed by atoms with E-state index in [1.807, 2.05) is 6.07 Å². The first-order valence-corrected chi connectivity index (χ1v) is 6.02. The number of halogens is 1. The molecule has 0 radical (unpaired) electrons. The highest BCUT2D eigenvalue weighted by Crippen LogP contribution is 2.24. The zero-order chi connectivity index (χ0) is 13.0. The highest BCUT2D eigenvalue weighted by Gasteiger charge is 2.28. The molecule has 0 spiro atoms. The number of aliphatic carboxylic acids is 1. The zero-order valence-electron chi connectivity index (χ0n) is 9.68. The van der Waals surface area contributed by atoms with E-state index in [0.717, 1.165) is 4.47 Å². The van der Waals surface area contributed by atoms with Crippen molar-refractivity contribution in [3.63, 3.8) is 0 Å². The lowest BCUT2D eigenvalue weighted by Crippen LogP contribution is -2.37. The Labute approximate surface area is 108 Å². The molecule has 5 heteroatoms. The topological polar surface area (TPSA) is 57.6 Å². The van der Waals surface area contributed by atoms with Crippen LogP contribution in [0.15, 0.2) is 28.7 Å². The molecule has 0 aliphatic carbocycles. The quantitative estimate of drug-likeness (QED) is 0.929. The molecule has 0 heterocycles. The van der Waals surface area contributed by atoms with Crippen LogP contribution in [0.4, 0.5) is 0 Å². The fraction of sp³-hybridized carbons (Fsp3) is 0.333. The zero-order valence-corrected chi connectivity index (χ0v) is 11.3. The Kier molecular flexibility index (Phi) is 4.69. The molecular weight excluding hydrogens is 286 g/mol. The molecule has 1 aromatic rings. The minimum Gasteiger partial charge on any atom is -0.479 e. The van der Waals surface area contributed by atoms with Crippen molar-refractivity contribution < 1.29 is 14.7 Å². The first kappa shape index (κ1) is 13.7. The maximum atomic E-state index is 11.4. The number of nitrogens with zero attached hydrogens (tertiary/aromatic N) is 1. The fourth-order valence-corrected chi connectivity index (χ4v) is 2.14. The summed E-state index contributed by atoms with van der Waals surface area (Å²) in [5, 5.41) is 9.26. The normalized spacial score (nSPS) is 11.9. The van der Waals surface area contributed by atoms with Gasteiger partial charge in [-0.15, -0.1) is 0 Å². The smallest absolute Gasteiger partial charge is 0.331 e. The van der Waals surface area contributed by atoms with Gasteiger partial charge in [-0.3, -0.25) is 4.79 Å². The Morgan fingerprint density at radius 3 is 2.53 bits per heavy atom. The van der Waals surface area contributed by atoms with Gasteiger partial charge >= 0.3 is 5.97 Å². The van der Waals surface area contributed by atoms with Gasteiger partial charge in [0, 0.05) is 17.9 Å². The number of carboxylic acids is 1. The molecule has 0 aromatic heterocycles. The third-order valence-corrected chi connectivity index (χ3v) is 2.95. The second kappa shape index (κ2) is 5.82. The van der Waals surface area contributed by atoms with Gasteiger partial charge in [0.05, 0.1) is 0 Å². The molecule has 0 saturated heterocycles. The Hall–Kier alpha value is -1.36. The Balaban J connectivity index is 3.17. The number of hydrogen-bond donors (Lipinski definition) is 1. The summed E-state index contributed by atoms with van der Waals surface area (Å²) in [7, 11) is 0. The van der Waals surface area contributed by atoms with Crippen molar-refractivity contribution in [2.75, 3.05) is 6.54 Å². The summed E-state index contributed by atoms with van der Waals surface area (Å²) in [4.78, 5) is 24.1. The predicted octanol–water partition coefficient (Wildman–Crippen LogP) is 2.44. The van der Waals surface area contributed by atoms with E-state index in [4.69, 9.17) is 0 Å². The monoisotopic (exact) mass is 299 g/mol. The van der Waals surface area contributed by atoms with Crippen LogP contribution in [0.5, 0.6) is 0 Å². The van der Waals surface area contributed by atoms with Crippen molar-refractivity contribution in [1.82, 2.24) is 4.90 Å². The average molecular weight is 300 g/mol. The number of carboxylic acid groups (broad SMARTS) is 1. The van der Waals surface area contributed by atoms with Crippen LogP contribution < -0.4 is 0 Å². The summed E-state index contributed by atoms with van der Waals surface area (Å²) >= 11 is 3.29. The fourth-order valence-electron chi connectivity index (χ4n) is 1.72. The number of likely N-dealkylation sites (N-methyl/N-ethyl adjacent to an activating group) is 1. The van der Waals surface area contributed by atoms with E-state index < -0.39 is 12.0 Å². The van der Waals surface area contributed by atoms with Crippen LogP contribution in [-0.4, -0.2) is 28.4 Å². The van der Waals surface area contributed by atoms with Gasteiger partial charge in [0.1, 0.15) is 0 Å². The highest BCUT2D eigenvalue weighted by atomic mass is 79.9. The average Bonchev–Trinajstić information content (AvgIpc) is 2.24. The lowest BCUT2D eigenvalue weighted by atomic mass is 10.1. The molecule has 17 heavy (non-hydrogen) atoms. The Bertz CT molecular complexity index is 434. The third kappa shape index (κ3) is 3.30. The Morgan fingerprint density at radius 2 is 2.12 bits per heavy atom. The summed E-state index contributed by atoms with van der Waals surface area (Å²) in [5.41, 5.74) is 0.587. The van der Waals surface area contributed by atoms with Crippen LogP contribution in [0.3, 0.4) is 0 Å². The van der Waals surface area contributed by atoms with Gasteiger partial charge in [-0.1, -0.05) is 28.1 Å². The SMILES string of the molecule is CCN(C(C)=O)C(C(=O)O)c1cccc(Br)c1. The number of carbonyl (C=O) groups excluding carboxylic acids is 1. The summed E-state index contributed by atoms with van der Waals surface area (Å²) in [5.74, 6) is -1.28. The number of amides is 1. The van der Waals surface area contributed by atoms with E-state index in [1.54, 1.807) is 25.1 Å². The van der Waals surface area contributed by atoms with Gasteiger partial charge in [0.25, 0.3) is 0 Å². The third-order valence-electron chi connectivity index (χ3n) is 2.46. The number of hydrogen-bond acceptors (Lipinski definition) is 2. The van der Waals surface area contributed by atoms with E-state index in [1.165, 1.54) is 11.8 Å². The van der Waals surface area contributed by atoms with Crippen LogP contribution in [0, 0.1) is 0 Å². The summed E-state index contributed by atoms with van der Waals surface area (Å²) in [6.07, 6.45) is 0. The van der Waals surface area contributed by atoms with Crippen molar-refractivity contribution in [3.05, 3.63) is 34.3 Å². The van der Waals surface area contributed by atoms with Crippen LogP contribution in [0.1, 0.15) is 25.5 Å². The molecule has 0 saturated carbocycles. The minimum atomic E-state index is -1.03. The van der Waals surface area contributed by atoms with Gasteiger partial charge in [0.2, 0.25) is 5.91 Å². The molecule has 1 amide bonds. The summed E-state index contributed by atoms with van der Waals surface area (Å²) in [6, 6.07) is 6.05. The van der Waals surface area contributed by atoms with Gasteiger partial charge in [-0.25, -0.2) is 4.79 Å². The number of benzene rings is 1. The maximum Gasteiger partial charge on any atom is 0.331 e. The van der Waals surface area contributed by atoms with Crippen molar-refractivity contribution in [2.24, 2.45) is 0 Å². The molecule has 92 valence electrons. The largest absolute Gasteiger partial charge is 0.479 e. The van der Waals surface area contributed by atoms with Gasteiger partial charge in [-0.05, 0) is 24.6 Å². The second-order valence-electron chi connectivity index (χ2n) is 3.60. The number of rotatable bonds is 4. The van der Waals surface area contributed by atoms with Crippen molar-refractivity contribution >= 4 is 27.8 Å². The van der Waals surface area contributed by atoms with Gasteiger partial charge < -0.3 is 10.0 Å². The lowest BCUT2D eigenvalue weighted by Gasteiger charge is -2.27. The van der Waals surface area contributed by atoms with E-state index in [9.17, 15) is 14.7 Å². The molecule has 1 aromatic carbocycles. The summed E-state index contributed by atoms with van der Waals surface area (Å²) < 4.78 is 0.792. The highest BCUT2D eigenvalue weighted by molar-refractivity contribution is 9.10. The van der Waals surface area contributed by atoms with E-state index in [-0.39, 0.29) is 5.91 Å². The molecule has 0 aliphatic heterocycles.